The molecule has 0 aliphatic carbocycles. The number of rotatable bonds is 7. The lowest BCUT2D eigenvalue weighted by Gasteiger charge is -2.19. The lowest BCUT2D eigenvalue weighted by Crippen LogP contribution is -2.06. The molecule has 0 rings (SSSR count). The molecule has 0 saturated carbocycles. The first-order valence-electron chi connectivity index (χ1n) is 3.93. The highest BCUT2D eigenvalue weighted by Crippen LogP contribution is 2.30. The van der Waals surface area contributed by atoms with E-state index in [1.54, 1.807) is 0 Å². The standard InChI is InChI=1S/C10H15OSi/c1-4-10(12,5-2)8-7-9-11-6-3/h4-6H,1-3,7-9H2. The maximum atomic E-state index is 4.99. The molecule has 3 radical (unpaired) electrons. The third-order valence-corrected chi connectivity index (χ3v) is 2.36. The van der Waals surface area contributed by atoms with Gasteiger partial charge in [0, 0.05) is 10.2 Å². The second-order valence-corrected chi connectivity index (χ2v) is 3.52. The van der Waals surface area contributed by atoms with Gasteiger partial charge in [-0.3, -0.25) is 0 Å². The Morgan fingerprint density at radius 3 is 2.25 bits per heavy atom. The Hall–Kier alpha value is -0.763. The van der Waals surface area contributed by atoms with Gasteiger partial charge in [-0.1, -0.05) is 18.7 Å². The van der Waals surface area contributed by atoms with Crippen LogP contribution in [0.25, 0.3) is 0 Å². The van der Waals surface area contributed by atoms with Gasteiger partial charge in [0.25, 0.3) is 0 Å². The molecular formula is C10H15OSi. The van der Waals surface area contributed by atoms with Gasteiger partial charge < -0.3 is 4.74 Å². The molecule has 0 bridgehead atoms. The topological polar surface area (TPSA) is 9.23 Å². The monoisotopic (exact) mass is 179 g/mol. The van der Waals surface area contributed by atoms with E-state index >= 15 is 0 Å². The third kappa shape index (κ3) is 4.19. The van der Waals surface area contributed by atoms with E-state index in [4.69, 9.17) is 4.74 Å². The maximum Gasteiger partial charge on any atom is 0.0873 e. The van der Waals surface area contributed by atoms with Crippen molar-refractivity contribution in [1.82, 2.24) is 0 Å². The normalized spacial score (nSPS) is 10.4. The Bertz CT molecular complexity index is 155. The molecule has 0 aliphatic heterocycles. The van der Waals surface area contributed by atoms with Crippen molar-refractivity contribution in [2.75, 3.05) is 6.61 Å². The summed E-state index contributed by atoms with van der Waals surface area (Å²) in [6, 6.07) is 0. The van der Waals surface area contributed by atoms with E-state index in [9.17, 15) is 0 Å². The number of ether oxygens (including phenoxy) is 1. The van der Waals surface area contributed by atoms with Gasteiger partial charge in [-0.15, -0.1) is 13.2 Å². The molecule has 0 aromatic rings. The lowest BCUT2D eigenvalue weighted by molar-refractivity contribution is 0.241. The third-order valence-electron chi connectivity index (χ3n) is 1.70. The molecule has 12 heavy (non-hydrogen) atoms. The van der Waals surface area contributed by atoms with E-state index in [1.807, 2.05) is 12.2 Å². The fraction of sp³-hybridized carbons (Fsp3) is 0.400. The van der Waals surface area contributed by atoms with Crippen molar-refractivity contribution in [3.8, 4) is 0 Å². The van der Waals surface area contributed by atoms with Crippen LogP contribution in [0.4, 0.5) is 0 Å². The maximum absolute atomic E-state index is 4.99. The van der Waals surface area contributed by atoms with E-state index < -0.39 is 0 Å². The molecule has 1 nitrogen and oxygen atoms in total. The van der Waals surface area contributed by atoms with Crippen LogP contribution in [-0.2, 0) is 4.74 Å². The van der Waals surface area contributed by atoms with E-state index in [0.29, 0.717) is 6.61 Å². The molecule has 0 aliphatic rings. The summed E-state index contributed by atoms with van der Waals surface area (Å²) in [6.07, 6.45) is 7.02. The molecule has 0 atom stereocenters. The van der Waals surface area contributed by atoms with Crippen molar-refractivity contribution < 1.29 is 4.74 Å². The Kier molecular flexibility index (Phi) is 5.46. The van der Waals surface area contributed by atoms with Crippen LogP contribution >= 0.6 is 0 Å². The van der Waals surface area contributed by atoms with Crippen molar-refractivity contribution in [2.45, 2.75) is 17.9 Å². The average molecular weight is 179 g/mol. The minimum Gasteiger partial charge on any atom is -0.502 e. The van der Waals surface area contributed by atoms with Crippen LogP contribution in [0.2, 0.25) is 5.04 Å². The summed E-state index contributed by atoms with van der Waals surface area (Å²) >= 11 is 0. The minimum atomic E-state index is -0.148. The summed E-state index contributed by atoms with van der Waals surface area (Å²) in [5, 5.41) is -0.148. The summed E-state index contributed by atoms with van der Waals surface area (Å²) in [5.74, 6) is 0. The van der Waals surface area contributed by atoms with Crippen LogP contribution in [0.1, 0.15) is 12.8 Å². The predicted octanol–water partition coefficient (Wildman–Crippen LogP) is 2.63. The molecule has 0 fully saturated rings. The van der Waals surface area contributed by atoms with Gasteiger partial charge in [0.1, 0.15) is 0 Å². The van der Waals surface area contributed by atoms with Crippen molar-refractivity contribution in [3.05, 3.63) is 38.2 Å². The summed E-state index contributed by atoms with van der Waals surface area (Å²) in [5.41, 5.74) is 0. The quantitative estimate of drug-likeness (QED) is 0.253. The molecular weight excluding hydrogens is 164 g/mol. The molecule has 0 N–H and O–H groups in total. The van der Waals surface area contributed by atoms with E-state index in [2.05, 4.69) is 30.0 Å². The summed E-state index contributed by atoms with van der Waals surface area (Å²) in [6.45, 7) is 11.6. The highest BCUT2D eigenvalue weighted by atomic mass is 28.1. The van der Waals surface area contributed by atoms with Crippen LogP contribution in [0.3, 0.4) is 0 Å². The van der Waals surface area contributed by atoms with Crippen molar-refractivity contribution in [3.63, 3.8) is 0 Å². The molecule has 0 aromatic heterocycles. The molecule has 0 aromatic carbocycles. The Morgan fingerprint density at radius 2 is 1.83 bits per heavy atom. The van der Waals surface area contributed by atoms with Gasteiger partial charge in [0.15, 0.2) is 0 Å². The van der Waals surface area contributed by atoms with E-state index in [-0.39, 0.29) is 5.04 Å². The fourth-order valence-electron chi connectivity index (χ4n) is 0.819. The molecule has 2 heteroatoms. The smallest absolute Gasteiger partial charge is 0.0873 e. The first kappa shape index (κ1) is 11.2. The zero-order chi connectivity index (χ0) is 9.45. The number of hydrogen-bond acceptors (Lipinski definition) is 1. The fourth-order valence-corrected chi connectivity index (χ4v) is 0.996. The molecule has 0 amide bonds. The van der Waals surface area contributed by atoms with Gasteiger partial charge in [0.2, 0.25) is 0 Å². The second-order valence-electron chi connectivity index (χ2n) is 2.59. The minimum absolute atomic E-state index is 0.148. The zero-order valence-corrected chi connectivity index (χ0v) is 8.38. The largest absolute Gasteiger partial charge is 0.502 e. The van der Waals surface area contributed by atoms with Crippen LogP contribution in [0.15, 0.2) is 38.2 Å². The lowest BCUT2D eigenvalue weighted by atomic mass is 10.0. The SMILES string of the molecule is C=COCCCC([Si])(C=C)C=C. The Morgan fingerprint density at radius 1 is 1.25 bits per heavy atom. The highest BCUT2D eigenvalue weighted by Gasteiger charge is 2.14. The zero-order valence-electron chi connectivity index (χ0n) is 7.38. The first-order chi connectivity index (χ1) is 5.68. The Balaban J connectivity index is 3.65. The highest BCUT2D eigenvalue weighted by molar-refractivity contribution is 6.18. The predicted molar refractivity (Wildman–Crippen MR) is 54.2 cm³/mol. The molecule has 0 heterocycles. The van der Waals surface area contributed by atoms with E-state index in [0.717, 1.165) is 12.8 Å². The second kappa shape index (κ2) is 5.83. The Labute approximate surface area is 78.2 Å². The van der Waals surface area contributed by atoms with Crippen LogP contribution in [0.5, 0.6) is 0 Å². The molecule has 0 spiro atoms. The van der Waals surface area contributed by atoms with Crippen molar-refractivity contribution >= 4 is 10.2 Å². The van der Waals surface area contributed by atoms with Crippen molar-refractivity contribution in [1.29, 1.82) is 0 Å². The van der Waals surface area contributed by atoms with Crippen LogP contribution in [-0.4, -0.2) is 16.8 Å². The molecule has 0 saturated heterocycles. The summed E-state index contributed by atoms with van der Waals surface area (Å²) in [7, 11) is 3.57. The van der Waals surface area contributed by atoms with Gasteiger partial charge >= 0.3 is 0 Å². The average Bonchev–Trinajstić information content (AvgIpc) is 2.12. The van der Waals surface area contributed by atoms with Gasteiger partial charge in [-0.25, -0.2) is 0 Å². The number of allylic oxidation sites excluding steroid dienone is 2. The summed E-state index contributed by atoms with van der Waals surface area (Å²) in [4.78, 5) is 0. The number of hydrogen-bond donors (Lipinski definition) is 0. The van der Waals surface area contributed by atoms with Gasteiger partial charge in [-0.05, 0) is 17.9 Å². The molecule has 65 valence electrons. The first-order valence-corrected chi connectivity index (χ1v) is 4.43. The van der Waals surface area contributed by atoms with E-state index in [1.165, 1.54) is 6.26 Å². The summed E-state index contributed by atoms with van der Waals surface area (Å²) < 4.78 is 4.99. The van der Waals surface area contributed by atoms with Gasteiger partial charge in [0.05, 0.1) is 12.9 Å². The molecule has 0 unspecified atom stereocenters. The van der Waals surface area contributed by atoms with Crippen LogP contribution in [0, 0.1) is 0 Å². The van der Waals surface area contributed by atoms with Crippen molar-refractivity contribution in [2.24, 2.45) is 0 Å². The van der Waals surface area contributed by atoms with Crippen LogP contribution < -0.4 is 0 Å². The van der Waals surface area contributed by atoms with Gasteiger partial charge in [-0.2, -0.15) is 0 Å².